The summed E-state index contributed by atoms with van der Waals surface area (Å²) in [6.07, 6.45) is 1.16. The predicted molar refractivity (Wildman–Crippen MR) is 46.0 cm³/mol. The van der Waals surface area contributed by atoms with Gasteiger partial charge in [0.15, 0.2) is 0 Å². The molecule has 0 aromatic carbocycles. The highest BCUT2D eigenvalue weighted by Gasteiger charge is 2.31. The Morgan fingerprint density at radius 3 is 2.83 bits per heavy atom. The molecule has 2 heterocycles. The van der Waals surface area contributed by atoms with Crippen molar-refractivity contribution in [3.8, 4) is 0 Å². The lowest BCUT2D eigenvalue weighted by atomic mass is 10.0. The molecule has 1 aromatic heterocycles. The van der Waals surface area contributed by atoms with Crippen LogP contribution in [0.4, 0.5) is 0 Å². The molecule has 0 saturated carbocycles. The van der Waals surface area contributed by atoms with Gasteiger partial charge in [0.05, 0.1) is 36.0 Å². The molecule has 2 rings (SSSR count). The minimum Gasteiger partial charge on any atom is -0.468 e. The highest BCUT2D eigenvalue weighted by Crippen LogP contribution is 2.31. The van der Waals surface area contributed by atoms with Gasteiger partial charge < -0.3 is 14.3 Å². The zero-order valence-electron chi connectivity index (χ0n) is 6.37. The summed E-state index contributed by atoms with van der Waals surface area (Å²) in [5.74, 6) is 0.759. The van der Waals surface area contributed by atoms with Crippen LogP contribution in [0.2, 0.25) is 0 Å². The molecule has 2 atom stereocenters. The van der Waals surface area contributed by atoms with Crippen molar-refractivity contribution in [3.63, 3.8) is 0 Å². The maximum absolute atomic E-state index is 9.48. The summed E-state index contributed by atoms with van der Waals surface area (Å²) in [7, 11) is 0. The lowest BCUT2D eigenvalue weighted by Crippen LogP contribution is -2.15. The van der Waals surface area contributed by atoms with Gasteiger partial charge in [-0.05, 0) is 22.0 Å². The minimum absolute atomic E-state index is 0.0191. The Hall–Kier alpha value is -0.320. The smallest absolute Gasteiger partial charge is 0.125 e. The molecule has 0 amide bonds. The lowest BCUT2D eigenvalue weighted by molar-refractivity contribution is 0.123. The standard InChI is InChI=1S/C8H9BrO3/c9-6-1-2-12-8(6)5-3-11-4-7(5)10/h1-2,5,7,10H,3-4H2. The number of hydrogen-bond donors (Lipinski definition) is 1. The van der Waals surface area contributed by atoms with E-state index in [1.807, 2.05) is 6.07 Å². The lowest BCUT2D eigenvalue weighted by Gasteiger charge is -2.08. The molecular weight excluding hydrogens is 224 g/mol. The van der Waals surface area contributed by atoms with Crippen molar-refractivity contribution in [1.29, 1.82) is 0 Å². The summed E-state index contributed by atoms with van der Waals surface area (Å²) in [6.45, 7) is 0.936. The topological polar surface area (TPSA) is 42.6 Å². The first-order chi connectivity index (χ1) is 5.79. The zero-order valence-corrected chi connectivity index (χ0v) is 7.95. The van der Waals surface area contributed by atoms with Gasteiger partial charge in [0.2, 0.25) is 0 Å². The van der Waals surface area contributed by atoms with Crippen LogP contribution in [0.5, 0.6) is 0 Å². The Morgan fingerprint density at radius 2 is 2.33 bits per heavy atom. The fraction of sp³-hybridized carbons (Fsp3) is 0.500. The summed E-state index contributed by atoms with van der Waals surface area (Å²) >= 11 is 3.34. The van der Waals surface area contributed by atoms with Crippen LogP contribution in [0.25, 0.3) is 0 Å². The second kappa shape index (κ2) is 3.20. The summed E-state index contributed by atoms with van der Waals surface area (Å²) < 4.78 is 11.2. The molecule has 1 aromatic rings. The molecule has 12 heavy (non-hydrogen) atoms. The molecular formula is C8H9BrO3. The van der Waals surface area contributed by atoms with Gasteiger partial charge in [-0.3, -0.25) is 0 Å². The minimum atomic E-state index is -0.438. The second-order valence-corrected chi connectivity index (χ2v) is 3.70. The van der Waals surface area contributed by atoms with E-state index < -0.39 is 6.10 Å². The molecule has 66 valence electrons. The van der Waals surface area contributed by atoms with Gasteiger partial charge in [-0.1, -0.05) is 0 Å². The van der Waals surface area contributed by atoms with E-state index in [9.17, 15) is 5.11 Å². The first kappa shape index (κ1) is 8.29. The highest BCUT2D eigenvalue weighted by molar-refractivity contribution is 9.10. The van der Waals surface area contributed by atoms with E-state index in [0.29, 0.717) is 13.2 Å². The highest BCUT2D eigenvalue weighted by atomic mass is 79.9. The molecule has 4 heteroatoms. The first-order valence-corrected chi connectivity index (χ1v) is 4.57. The number of ether oxygens (including phenoxy) is 1. The third-order valence-corrected chi connectivity index (χ3v) is 2.69. The van der Waals surface area contributed by atoms with E-state index in [0.717, 1.165) is 10.2 Å². The number of hydrogen-bond acceptors (Lipinski definition) is 3. The number of halogens is 1. The SMILES string of the molecule is OC1COCC1c1occc1Br. The number of rotatable bonds is 1. The van der Waals surface area contributed by atoms with E-state index in [1.165, 1.54) is 0 Å². The van der Waals surface area contributed by atoms with Crippen LogP contribution in [0.1, 0.15) is 11.7 Å². The van der Waals surface area contributed by atoms with E-state index in [4.69, 9.17) is 9.15 Å². The average Bonchev–Trinajstić information content (AvgIpc) is 2.59. The molecule has 3 nitrogen and oxygen atoms in total. The van der Waals surface area contributed by atoms with Crippen LogP contribution < -0.4 is 0 Å². The average molecular weight is 233 g/mol. The molecule has 0 spiro atoms. The van der Waals surface area contributed by atoms with E-state index >= 15 is 0 Å². The Labute approximate surface area is 78.5 Å². The first-order valence-electron chi connectivity index (χ1n) is 3.77. The summed E-state index contributed by atoms with van der Waals surface area (Å²) in [5.41, 5.74) is 0. The molecule has 0 aliphatic carbocycles. The van der Waals surface area contributed by atoms with Crippen molar-refractivity contribution in [2.24, 2.45) is 0 Å². The van der Waals surface area contributed by atoms with Gasteiger partial charge in [0.1, 0.15) is 5.76 Å². The number of aliphatic hydroxyl groups is 1. The molecule has 0 bridgehead atoms. The van der Waals surface area contributed by atoms with E-state index in [-0.39, 0.29) is 5.92 Å². The third-order valence-electron chi connectivity index (χ3n) is 2.03. The van der Waals surface area contributed by atoms with Crippen molar-refractivity contribution in [1.82, 2.24) is 0 Å². The van der Waals surface area contributed by atoms with Gasteiger partial charge >= 0.3 is 0 Å². The zero-order chi connectivity index (χ0) is 8.55. The van der Waals surface area contributed by atoms with Crippen molar-refractivity contribution < 1.29 is 14.3 Å². The Morgan fingerprint density at radius 1 is 1.50 bits per heavy atom. The summed E-state index contributed by atoms with van der Waals surface area (Å²) in [5, 5.41) is 9.48. The number of aliphatic hydroxyl groups excluding tert-OH is 1. The van der Waals surface area contributed by atoms with Crippen molar-refractivity contribution in [2.75, 3.05) is 13.2 Å². The van der Waals surface area contributed by atoms with Gasteiger partial charge in [0.25, 0.3) is 0 Å². The van der Waals surface area contributed by atoms with Crippen LogP contribution in [-0.4, -0.2) is 24.4 Å². The monoisotopic (exact) mass is 232 g/mol. The molecule has 2 unspecified atom stereocenters. The Balaban J connectivity index is 2.24. The second-order valence-electron chi connectivity index (χ2n) is 2.84. The fourth-order valence-corrected chi connectivity index (χ4v) is 1.86. The van der Waals surface area contributed by atoms with E-state index in [2.05, 4.69) is 15.9 Å². The summed E-state index contributed by atoms with van der Waals surface area (Å²) in [6, 6.07) is 1.82. The van der Waals surface area contributed by atoms with Gasteiger partial charge in [0, 0.05) is 0 Å². The van der Waals surface area contributed by atoms with Crippen molar-refractivity contribution >= 4 is 15.9 Å². The molecule has 0 radical (unpaired) electrons. The van der Waals surface area contributed by atoms with Crippen molar-refractivity contribution in [3.05, 3.63) is 22.6 Å². The number of furan rings is 1. The molecule has 1 aliphatic heterocycles. The third kappa shape index (κ3) is 1.30. The quantitative estimate of drug-likeness (QED) is 0.799. The van der Waals surface area contributed by atoms with E-state index in [1.54, 1.807) is 6.26 Å². The van der Waals surface area contributed by atoms with Crippen LogP contribution in [0.15, 0.2) is 21.2 Å². The van der Waals surface area contributed by atoms with Gasteiger partial charge in [-0.25, -0.2) is 0 Å². The van der Waals surface area contributed by atoms with Crippen LogP contribution >= 0.6 is 15.9 Å². The van der Waals surface area contributed by atoms with Crippen LogP contribution in [0.3, 0.4) is 0 Å². The van der Waals surface area contributed by atoms with Crippen molar-refractivity contribution in [2.45, 2.75) is 12.0 Å². The van der Waals surface area contributed by atoms with Gasteiger partial charge in [-0.2, -0.15) is 0 Å². The Kier molecular flexibility index (Phi) is 2.21. The van der Waals surface area contributed by atoms with Crippen LogP contribution in [-0.2, 0) is 4.74 Å². The summed E-state index contributed by atoms with van der Waals surface area (Å²) in [4.78, 5) is 0. The molecule has 1 fully saturated rings. The molecule has 1 aliphatic rings. The fourth-order valence-electron chi connectivity index (χ4n) is 1.36. The maximum Gasteiger partial charge on any atom is 0.125 e. The van der Waals surface area contributed by atoms with Crippen LogP contribution in [0, 0.1) is 0 Å². The Bertz CT molecular complexity index is 271. The predicted octanol–water partition coefficient (Wildman–Crippen LogP) is 1.52. The maximum atomic E-state index is 9.48. The largest absolute Gasteiger partial charge is 0.468 e. The molecule has 1 N–H and O–H groups in total. The van der Waals surface area contributed by atoms with Gasteiger partial charge in [-0.15, -0.1) is 0 Å². The molecule has 1 saturated heterocycles. The normalized spacial score (nSPS) is 29.5.